The molecule has 9 heteroatoms. The first-order valence-corrected chi connectivity index (χ1v) is 6.89. The summed E-state index contributed by atoms with van der Waals surface area (Å²) in [6.45, 7) is -0.477. The third-order valence-electron chi connectivity index (χ3n) is 3.25. The molecule has 1 fully saturated rings. The molecule has 0 spiro atoms. The number of aromatic nitrogens is 3. The molecule has 0 radical (unpaired) electrons. The molecule has 0 unspecified atom stereocenters. The van der Waals surface area contributed by atoms with Crippen LogP contribution < -0.4 is 0 Å². The Morgan fingerprint density at radius 1 is 1.25 bits per heavy atom. The van der Waals surface area contributed by atoms with Crippen LogP contribution in [0.5, 0.6) is 0 Å². The van der Waals surface area contributed by atoms with E-state index in [4.69, 9.17) is 21.4 Å². The number of hydrogen-bond donors (Lipinski definition) is 4. The van der Waals surface area contributed by atoms with Gasteiger partial charge in [0, 0.05) is 5.88 Å². The fourth-order valence-electron chi connectivity index (χ4n) is 2.10. The van der Waals surface area contributed by atoms with Crippen molar-refractivity contribution in [3.05, 3.63) is 11.9 Å². The molecule has 2 heterocycles. The van der Waals surface area contributed by atoms with Crippen molar-refractivity contribution >= 4 is 11.6 Å². The lowest BCUT2D eigenvalue weighted by Gasteiger charge is -2.39. The van der Waals surface area contributed by atoms with Gasteiger partial charge in [0.25, 0.3) is 0 Å². The zero-order valence-corrected chi connectivity index (χ0v) is 11.5. The number of halogens is 1. The molecule has 1 aromatic heterocycles. The summed E-state index contributed by atoms with van der Waals surface area (Å²) in [6, 6.07) is 0. The van der Waals surface area contributed by atoms with E-state index in [0.29, 0.717) is 18.0 Å². The van der Waals surface area contributed by atoms with Gasteiger partial charge in [-0.3, -0.25) is 0 Å². The van der Waals surface area contributed by atoms with Crippen molar-refractivity contribution in [2.75, 3.05) is 12.5 Å². The Morgan fingerprint density at radius 2 is 2.00 bits per heavy atom. The zero-order chi connectivity index (χ0) is 14.7. The van der Waals surface area contributed by atoms with Gasteiger partial charge in [-0.1, -0.05) is 5.21 Å². The maximum absolute atomic E-state index is 9.93. The predicted molar refractivity (Wildman–Crippen MR) is 68.1 cm³/mol. The van der Waals surface area contributed by atoms with Gasteiger partial charge in [-0.25, -0.2) is 4.68 Å². The molecule has 0 bridgehead atoms. The topological polar surface area (TPSA) is 121 Å². The van der Waals surface area contributed by atoms with E-state index >= 15 is 0 Å². The van der Waals surface area contributed by atoms with Crippen LogP contribution in [0, 0.1) is 0 Å². The first-order valence-electron chi connectivity index (χ1n) is 6.35. The first-order chi connectivity index (χ1) is 9.58. The van der Waals surface area contributed by atoms with Crippen molar-refractivity contribution in [3.63, 3.8) is 0 Å². The van der Waals surface area contributed by atoms with Crippen molar-refractivity contribution in [1.29, 1.82) is 0 Å². The number of hydrogen-bond acceptors (Lipinski definition) is 7. The Hall–Kier alpha value is -0.770. The molecular formula is C11H18ClN3O5. The van der Waals surface area contributed by atoms with Gasteiger partial charge < -0.3 is 25.2 Å². The Kier molecular flexibility index (Phi) is 5.30. The largest absolute Gasteiger partial charge is 0.394 e. The molecule has 8 nitrogen and oxygen atoms in total. The van der Waals surface area contributed by atoms with Gasteiger partial charge in [0.15, 0.2) is 6.23 Å². The molecule has 0 amide bonds. The second-order valence-electron chi connectivity index (χ2n) is 4.70. The number of ether oxygens (including phenoxy) is 1. The van der Waals surface area contributed by atoms with E-state index in [9.17, 15) is 15.3 Å². The molecule has 0 aromatic carbocycles. The molecule has 0 saturated carbocycles. The van der Waals surface area contributed by atoms with Gasteiger partial charge in [-0.05, 0) is 12.8 Å². The Labute approximate surface area is 120 Å². The van der Waals surface area contributed by atoms with E-state index < -0.39 is 37.3 Å². The van der Waals surface area contributed by atoms with Crippen LogP contribution in [0.4, 0.5) is 0 Å². The Bertz CT molecular complexity index is 430. The molecular weight excluding hydrogens is 290 g/mol. The maximum Gasteiger partial charge on any atom is 0.180 e. The zero-order valence-electron chi connectivity index (χ0n) is 10.7. The molecule has 5 atom stereocenters. The maximum atomic E-state index is 9.93. The van der Waals surface area contributed by atoms with Crippen molar-refractivity contribution in [2.45, 2.75) is 43.5 Å². The van der Waals surface area contributed by atoms with Gasteiger partial charge in [-0.15, -0.1) is 16.7 Å². The molecule has 1 aliphatic rings. The molecule has 2 rings (SSSR count). The van der Waals surface area contributed by atoms with Crippen LogP contribution in [0.3, 0.4) is 0 Å². The molecule has 1 saturated heterocycles. The van der Waals surface area contributed by atoms with E-state index in [1.165, 1.54) is 4.68 Å². The average molecular weight is 308 g/mol. The highest BCUT2D eigenvalue weighted by Gasteiger charge is 2.44. The first kappa shape index (κ1) is 15.6. The quantitative estimate of drug-likeness (QED) is 0.485. The fourth-order valence-corrected chi connectivity index (χ4v) is 2.23. The molecule has 0 aliphatic carbocycles. The monoisotopic (exact) mass is 307 g/mol. The summed E-state index contributed by atoms with van der Waals surface area (Å²) in [4.78, 5) is 0. The van der Waals surface area contributed by atoms with Crippen LogP contribution >= 0.6 is 11.6 Å². The van der Waals surface area contributed by atoms with Crippen LogP contribution in [0.25, 0.3) is 0 Å². The predicted octanol–water partition coefficient (Wildman–Crippen LogP) is -1.58. The number of rotatable bonds is 5. The summed E-state index contributed by atoms with van der Waals surface area (Å²) in [6.07, 6.45) is -3.19. The molecule has 1 aliphatic heterocycles. The summed E-state index contributed by atoms with van der Waals surface area (Å²) >= 11 is 5.59. The summed E-state index contributed by atoms with van der Waals surface area (Å²) in [5, 5.41) is 46.2. The lowest BCUT2D eigenvalue weighted by Crippen LogP contribution is -2.56. The van der Waals surface area contributed by atoms with E-state index in [2.05, 4.69) is 10.3 Å². The minimum Gasteiger partial charge on any atom is -0.394 e. The van der Waals surface area contributed by atoms with Gasteiger partial charge in [0.1, 0.15) is 24.4 Å². The van der Waals surface area contributed by atoms with Crippen LogP contribution in [0.1, 0.15) is 18.3 Å². The number of aliphatic hydroxyl groups excluding tert-OH is 4. The molecule has 20 heavy (non-hydrogen) atoms. The van der Waals surface area contributed by atoms with Gasteiger partial charge in [0.05, 0.1) is 18.5 Å². The van der Waals surface area contributed by atoms with Gasteiger partial charge in [-0.2, -0.15) is 0 Å². The Morgan fingerprint density at radius 3 is 2.65 bits per heavy atom. The highest BCUT2D eigenvalue weighted by atomic mass is 35.5. The van der Waals surface area contributed by atoms with Crippen LogP contribution in [0.2, 0.25) is 0 Å². The van der Waals surface area contributed by atoms with Crippen LogP contribution in [-0.4, -0.2) is 72.3 Å². The second-order valence-corrected chi connectivity index (χ2v) is 5.08. The average Bonchev–Trinajstić information content (AvgIpc) is 2.91. The lowest BCUT2D eigenvalue weighted by molar-refractivity contribution is -0.254. The SMILES string of the molecule is OC[C@H]1O[C@@H](n2cc(CCCCl)nn2)[C@H](O)[C@@H](O)[C@@H]1O. The van der Waals surface area contributed by atoms with E-state index in [-0.39, 0.29) is 0 Å². The number of aliphatic hydroxyl groups is 4. The fraction of sp³-hybridized carbons (Fsp3) is 0.818. The van der Waals surface area contributed by atoms with Crippen molar-refractivity contribution in [3.8, 4) is 0 Å². The molecule has 4 N–H and O–H groups in total. The van der Waals surface area contributed by atoms with Crippen molar-refractivity contribution < 1.29 is 25.2 Å². The number of aryl methyl sites for hydroxylation is 1. The van der Waals surface area contributed by atoms with Crippen molar-refractivity contribution in [2.24, 2.45) is 0 Å². The van der Waals surface area contributed by atoms with E-state index in [1.54, 1.807) is 6.20 Å². The minimum absolute atomic E-state index is 0.477. The van der Waals surface area contributed by atoms with Gasteiger partial charge in [0.2, 0.25) is 0 Å². The third-order valence-corrected chi connectivity index (χ3v) is 3.52. The van der Waals surface area contributed by atoms with Crippen LogP contribution in [-0.2, 0) is 11.2 Å². The third kappa shape index (κ3) is 3.11. The second kappa shape index (κ2) is 6.79. The van der Waals surface area contributed by atoms with Crippen molar-refractivity contribution in [1.82, 2.24) is 15.0 Å². The number of alkyl halides is 1. The summed E-state index contributed by atoms with van der Waals surface area (Å²) < 4.78 is 6.63. The minimum atomic E-state index is -1.43. The number of nitrogens with zero attached hydrogens (tertiary/aromatic N) is 3. The Balaban J connectivity index is 2.12. The van der Waals surface area contributed by atoms with E-state index in [0.717, 1.165) is 6.42 Å². The summed E-state index contributed by atoms with van der Waals surface area (Å²) in [7, 11) is 0. The normalized spacial score (nSPS) is 34.4. The lowest BCUT2D eigenvalue weighted by atomic mass is 9.98. The summed E-state index contributed by atoms with van der Waals surface area (Å²) in [5.41, 5.74) is 0.683. The smallest absolute Gasteiger partial charge is 0.180 e. The summed E-state index contributed by atoms with van der Waals surface area (Å²) in [5.74, 6) is 0.507. The highest BCUT2D eigenvalue weighted by Crippen LogP contribution is 2.27. The van der Waals surface area contributed by atoms with E-state index in [1.807, 2.05) is 0 Å². The van der Waals surface area contributed by atoms with Gasteiger partial charge >= 0.3 is 0 Å². The highest BCUT2D eigenvalue weighted by molar-refractivity contribution is 6.17. The van der Waals surface area contributed by atoms with Crippen LogP contribution in [0.15, 0.2) is 6.20 Å². The molecule has 114 valence electrons. The molecule has 1 aromatic rings. The standard InChI is InChI=1S/C11H18ClN3O5/c12-3-1-2-6-4-15(14-13-6)11-10(19)9(18)8(17)7(5-16)20-11/h4,7-11,16-19H,1-3,5H2/t7-,8-,9+,10-,11-/m1/s1.